The number of pyridine rings is 1. The van der Waals surface area contributed by atoms with E-state index >= 15 is 0 Å². The van der Waals surface area contributed by atoms with E-state index in [4.69, 9.17) is 0 Å². The molecular weight excluding hydrogens is 261 g/mol. The van der Waals surface area contributed by atoms with E-state index in [1.165, 1.54) is 19.2 Å². The minimum absolute atomic E-state index is 0.0149. The predicted molar refractivity (Wildman–Crippen MR) is 63.5 cm³/mol. The Kier molecular flexibility index (Phi) is 4.74. The number of aromatic nitrogens is 1. The molecule has 1 heterocycles. The van der Waals surface area contributed by atoms with Gasteiger partial charge >= 0.3 is 12.1 Å². The molecule has 1 aromatic heterocycles. The maximum atomic E-state index is 12.5. The quantitative estimate of drug-likeness (QED) is 0.859. The molecule has 0 amide bonds. The number of hydrogen-bond donors (Lipinski definition) is 1. The molecule has 1 atom stereocenters. The molecule has 0 fully saturated rings. The van der Waals surface area contributed by atoms with Crippen LogP contribution in [-0.2, 0) is 15.7 Å². The zero-order chi connectivity index (χ0) is 14.6. The average Bonchev–Trinajstić information content (AvgIpc) is 2.34. The minimum Gasteiger partial charge on any atom is -0.467 e. The van der Waals surface area contributed by atoms with E-state index < -0.39 is 23.9 Å². The van der Waals surface area contributed by atoms with Crippen molar-refractivity contribution in [2.24, 2.45) is 5.92 Å². The van der Waals surface area contributed by atoms with E-state index in [1.807, 2.05) is 0 Å². The first-order valence-corrected chi connectivity index (χ1v) is 5.64. The van der Waals surface area contributed by atoms with Crippen LogP contribution in [0.3, 0.4) is 0 Å². The molecule has 0 aliphatic rings. The molecule has 0 aromatic carbocycles. The Morgan fingerprint density at radius 2 is 2.00 bits per heavy atom. The fourth-order valence-corrected chi connectivity index (χ4v) is 1.46. The molecule has 7 heteroatoms. The van der Waals surface area contributed by atoms with Gasteiger partial charge in [0.25, 0.3) is 0 Å². The van der Waals surface area contributed by atoms with Crippen LogP contribution in [0.25, 0.3) is 0 Å². The normalized spacial score (nSPS) is 13.2. The van der Waals surface area contributed by atoms with Gasteiger partial charge in [0.05, 0.1) is 7.11 Å². The molecule has 1 rings (SSSR count). The van der Waals surface area contributed by atoms with Gasteiger partial charge < -0.3 is 10.1 Å². The smallest absolute Gasteiger partial charge is 0.433 e. The first kappa shape index (κ1) is 15.3. The first-order chi connectivity index (χ1) is 8.75. The van der Waals surface area contributed by atoms with Gasteiger partial charge in [0.15, 0.2) is 0 Å². The number of carbonyl (C=O) groups excluding carboxylic acids is 1. The molecule has 0 spiro atoms. The summed E-state index contributed by atoms with van der Waals surface area (Å²) in [6.07, 6.45) is -4.52. The van der Waals surface area contributed by atoms with Crippen LogP contribution in [0.5, 0.6) is 0 Å². The standard InChI is InChI=1S/C12H15F3N2O2/c1-7(2)10(11(18)19-3)17-9-6-4-5-8(16-9)12(13,14)15/h4-7,10H,1-3H3,(H,16,17). The number of anilines is 1. The topological polar surface area (TPSA) is 51.2 Å². The van der Waals surface area contributed by atoms with E-state index in [9.17, 15) is 18.0 Å². The number of methoxy groups -OCH3 is 1. The highest BCUT2D eigenvalue weighted by atomic mass is 19.4. The van der Waals surface area contributed by atoms with Crippen molar-refractivity contribution in [1.82, 2.24) is 4.98 Å². The van der Waals surface area contributed by atoms with Crippen LogP contribution in [-0.4, -0.2) is 24.1 Å². The van der Waals surface area contributed by atoms with Crippen molar-refractivity contribution >= 4 is 11.8 Å². The van der Waals surface area contributed by atoms with Crippen LogP contribution in [0.1, 0.15) is 19.5 Å². The van der Waals surface area contributed by atoms with Crippen molar-refractivity contribution in [3.8, 4) is 0 Å². The minimum atomic E-state index is -4.52. The number of rotatable bonds is 4. The third-order valence-corrected chi connectivity index (χ3v) is 2.46. The Balaban J connectivity index is 2.95. The Morgan fingerprint density at radius 3 is 2.47 bits per heavy atom. The second kappa shape index (κ2) is 5.90. The number of ether oxygens (including phenoxy) is 1. The highest BCUT2D eigenvalue weighted by Crippen LogP contribution is 2.28. The van der Waals surface area contributed by atoms with Crippen LogP contribution in [0.15, 0.2) is 18.2 Å². The highest BCUT2D eigenvalue weighted by Gasteiger charge is 2.33. The third-order valence-electron chi connectivity index (χ3n) is 2.46. The summed E-state index contributed by atoms with van der Waals surface area (Å²) in [4.78, 5) is 14.9. The van der Waals surface area contributed by atoms with Gasteiger partial charge in [-0.1, -0.05) is 19.9 Å². The third kappa shape index (κ3) is 4.11. The second-order valence-corrected chi connectivity index (χ2v) is 4.30. The van der Waals surface area contributed by atoms with Gasteiger partial charge in [-0.15, -0.1) is 0 Å². The molecule has 1 aromatic rings. The Bertz CT molecular complexity index is 447. The van der Waals surface area contributed by atoms with Gasteiger partial charge in [0, 0.05) is 0 Å². The van der Waals surface area contributed by atoms with E-state index in [0.717, 1.165) is 6.07 Å². The molecule has 19 heavy (non-hydrogen) atoms. The lowest BCUT2D eigenvalue weighted by atomic mass is 10.0. The van der Waals surface area contributed by atoms with Crippen LogP contribution >= 0.6 is 0 Å². The number of carbonyl (C=O) groups is 1. The molecule has 1 N–H and O–H groups in total. The van der Waals surface area contributed by atoms with Crippen molar-refractivity contribution in [2.75, 3.05) is 12.4 Å². The molecule has 106 valence electrons. The number of hydrogen-bond acceptors (Lipinski definition) is 4. The lowest BCUT2D eigenvalue weighted by molar-refractivity contribution is -0.142. The number of halogens is 3. The summed E-state index contributed by atoms with van der Waals surface area (Å²) in [5, 5.41) is 2.66. The molecule has 0 saturated heterocycles. The van der Waals surface area contributed by atoms with Gasteiger partial charge in [-0.25, -0.2) is 9.78 Å². The van der Waals surface area contributed by atoms with Crippen LogP contribution in [0, 0.1) is 5.92 Å². The molecule has 0 bridgehead atoms. The number of nitrogens with zero attached hydrogens (tertiary/aromatic N) is 1. The van der Waals surface area contributed by atoms with Crippen LogP contribution in [0.4, 0.5) is 19.0 Å². The van der Waals surface area contributed by atoms with Gasteiger partial charge in [-0.2, -0.15) is 13.2 Å². The van der Waals surface area contributed by atoms with Crippen molar-refractivity contribution in [3.63, 3.8) is 0 Å². The predicted octanol–water partition coefficient (Wildman–Crippen LogP) is 2.71. The largest absolute Gasteiger partial charge is 0.467 e. The summed E-state index contributed by atoms with van der Waals surface area (Å²) < 4.78 is 42.1. The zero-order valence-corrected chi connectivity index (χ0v) is 10.8. The molecule has 0 aliphatic carbocycles. The monoisotopic (exact) mass is 276 g/mol. The summed E-state index contributed by atoms with van der Waals surface area (Å²) in [7, 11) is 1.22. The summed E-state index contributed by atoms with van der Waals surface area (Å²) in [5.41, 5.74) is -1.01. The average molecular weight is 276 g/mol. The van der Waals surface area contributed by atoms with Gasteiger partial charge in [-0.05, 0) is 18.1 Å². The summed E-state index contributed by atoms with van der Waals surface area (Å²) >= 11 is 0. The lowest BCUT2D eigenvalue weighted by Crippen LogP contribution is -2.35. The van der Waals surface area contributed by atoms with Crippen molar-refractivity contribution < 1.29 is 22.7 Å². The van der Waals surface area contributed by atoms with E-state index in [-0.39, 0.29) is 11.7 Å². The van der Waals surface area contributed by atoms with E-state index in [1.54, 1.807) is 13.8 Å². The maximum Gasteiger partial charge on any atom is 0.433 e. The van der Waals surface area contributed by atoms with Crippen molar-refractivity contribution in [3.05, 3.63) is 23.9 Å². The van der Waals surface area contributed by atoms with Crippen molar-refractivity contribution in [2.45, 2.75) is 26.1 Å². The second-order valence-electron chi connectivity index (χ2n) is 4.30. The zero-order valence-electron chi connectivity index (χ0n) is 10.8. The molecule has 0 aliphatic heterocycles. The van der Waals surface area contributed by atoms with Gasteiger partial charge in [0.1, 0.15) is 17.6 Å². The highest BCUT2D eigenvalue weighted by molar-refractivity contribution is 5.79. The Hall–Kier alpha value is -1.79. The molecular formula is C12H15F3N2O2. The maximum absolute atomic E-state index is 12.5. The Labute approximate surface area is 109 Å². The fraction of sp³-hybridized carbons (Fsp3) is 0.500. The van der Waals surface area contributed by atoms with Crippen molar-refractivity contribution in [1.29, 1.82) is 0 Å². The molecule has 0 saturated carbocycles. The summed E-state index contributed by atoms with van der Waals surface area (Å²) in [6, 6.07) is 2.72. The van der Waals surface area contributed by atoms with Crippen LogP contribution in [0.2, 0.25) is 0 Å². The SMILES string of the molecule is COC(=O)C(Nc1cccc(C(F)(F)F)n1)C(C)C. The molecule has 0 radical (unpaired) electrons. The fourth-order valence-electron chi connectivity index (χ4n) is 1.46. The molecule has 4 nitrogen and oxygen atoms in total. The molecule has 1 unspecified atom stereocenters. The first-order valence-electron chi connectivity index (χ1n) is 5.64. The van der Waals surface area contributed by atoms with Gasteiger partial charge in [-0.3, -0.25) is 0 Å². The summed E-state index contributed by atoms with van der Waals surface area (Å²) in [6.45, 7) is 3.50. The Morgan fingerprint density at radius 1 is 1.37 bits per heavy atom. The van der Waals surface area contributed by atoms with Gasteiger partial charge in [0.2, 0.25) is 0 Å². The number of alkyl halides is 3. The number of nitrogens with one attached hydrogen (secondary N) is 1. The van der Waals surface area contributed by atoms with E-state index in [2.05, 4.69) is 15.0 Å². The summed E-state index contributed by atoms with van der Waals surface area (Å²) in [5.74, 6) is -0.711. The number of esters is 1. The van der Waals surface area contributed by atoms with E-state index in [0.29, 0.717) is 0 Å². The van der Waals surface area contributed by atoms with Crippen LogP contribution < -0.4 is 5.32 Å². The lowest BCUT2D eigenvalue weighted by Gasteiger charge is -2.20.